The molecule has 4 rings (SSSR count). The van der Waals surface area contributed by atoms with Crippen molar-refractivity contribution in [1.82, 2.24) is 15.0 Å². The van der Waals surface area contributed by atoms with E-state index in [1.54, 1.807) is 23.7 Å². The average molecular weight is 326 g/mol. The summed E-state index contributed by atoms with van der Waals surface area (Å²) in [6.45, 7) is 1.54. The Bertz CT molecular complexity index is 860. The van der Waals surface area contributed by atoms with E-state index in [1.807, 2.05) is 18.2 Å². The molecule has 1 aliphatic heterocycles. The number of esters is 1. The average Bonchev–Trinajstić information content (AvgIpc) is 3.04. The fourth-order valence-corrected chi connectivity index (χ4v) is 3.63. The SMILES string of the molecule is COC(=O)c1cnc2c(c1)CCN(c1nc3cccnc3s1)C2. The van der Waals surface area contributed by atoms with E-state index in [0.717, 1.165) is 39.7 Å². The normalized spacial score (nSPS) is 13.9. The number of anilines is 1. The number of ether oxygens (including phenoxy) is 1. The first kappa shape index (κ1) is 14.1. The van der Waals surface area contributed by atoms with Crippen molar-refractivity contribution in [2.24, 2.45) is 0 Å². The van der Waals surface area contributed by atoms with Gasteiger partial charge in [0.15, 0.2) is 5.13 Å². The van der Waals surface area contributed by atoms with Gasteiger partial charge in [-0.15, -0.1) is 0 Å². The van der Waals surface area contributed by atoms with Gasteiger partial charge in [0.2, 0.25) is 0 Å². The minimum Gasteiger partial charge on any atom is -0.465 e. The molecule has 23 heavy (non-hydrogen) atoms. The zero-order valence-electron chi connectivity index (χ0n) is 12.5. The largest absolute Gasteiger partial charge is 0.465 e. The summed E-state index contributed by atoms with van der Waals surface area (Å²) in [5, 5.41) is 0.961. The monoisotopic (exact) mass is 326 g/mol. The van der Waals surface area contributed by atoms with Crippen LogP contribution in [0, 0.1) is 0 Å². The number of fused-ring (bicyclic) bond motifs is 2. The highest BCUT2D eigenvalue weighted by molar-refractivity contribution is 7.21. The standard InChI is InChI=1S/C16H14N4O2S/c1-22-15(21)11-7-10-4-6-20(9-13(10)18-8-11)16-19-12-3-2-5-17-14(12)23-16/h2-3,5,7-8H,4,6,9H2,1H3. The number of carbonyl (C=O) groups is 1. The van der Waals surface area contributed by atoms with E-state index in [9.17, 15) is 4.79 Å². The molecular formula is C16H14N4O2S. The highest BCUT2D eigenvalue weighted by Crippen LogP contribution is 2.30. The Kier molecular flexibility index (Phi) is 3.42. The molecule has 6 nitrogen and oxygen atoms in total. The Balaban J connectivity index is 1.62. The zero-order chi connectivity index (χ0) is 15.8. The summed E-state index contributed by atoms with van der Waals surface area (Å²) >= 11 is 1.59. The summed E-state index contributed by atoms with van der Waals surface area (Å²) in [7, 11) is 1.38. The molecule has 3 aromatic rings. The van der Waals surface area contributed by atoms with Gasteiger partial charge in [-0.05, 0) is 30.2 Å². The molecule has 0 saturated carbocycles. The van der Waals surface area contributed by atoms with Crippen molar-refractivity contribution in [3.63, 3.8) is 0 Å². The predicted molar refractivity (Wildman–Crippen MR) is 87.7 cm³/mol. The van der Waals surface area contributed by atoms with Crippen LogP contribution in [0.1, 0.15) is 21.6 Å². The third-order valence-corrected chi connectivity index (χ3v) is 4.94. The molecule has 0 fully saturated rings. The molecule has 0 aromatic carbocycles. The van der Waals surface area contributed by atoms with E-state index in [2.05, 4.69) is 19.9 Å². The number of rotatable bonds is 2. The molecule has 0 atom stereocenters. The third-order valence-electron chi connectivity index (χ3n) is 3.90. The van der Waals surface area contributed by atoms with Crippen LogP contribution in [0.25, 0.3) is 10.3 Å². The van der Waals surface area contributed by atoms with E-state index in [-0.39, 0.29) is 5.97 Å². The zero-order valence-corrected chi connectivity index (χ0v) is 13.3. The molecule has 0 radical (unpaired) electrons. The highest BCUT2D eigenvalue weighted by Gasteiger charge is 2.22. The van der Waals surface area contributed by atoms with Crippen LogP contribution in [0.2, 0.25) is 0 Å². The summed E-state index contributed by atoms with van der Waals surface area (Å²) in [6.07, 6.45) is 4.19. The molecular weight excluding hydrogens is 312 g/mol. The van der Waals surface area contributed by atoms with Gasteiger partial charge in [0.25, 0.3) is 0 Å². The molecule has 0 spiro atoms. The summed E-state index contributed by atoms with van der Waals surface area (Å²) in [5.41, 5.74) is 3.51. The second kappa shape index (κ2) is 5.58. The summed E-state index contributed by atoms with van der Waals surface area (Å²) in [5.74, 6) is -0.347. The summed E-state index contributed by atoms with van der Waals surface area (Å²) < 4.78 is 4.75. The van der Waals surface area contributed by atoms with Crippen molar-refractivity contribution >= 4 is 32.8 Å². The predicted octanol–water partition coefficient (Wildman–Crippen LogP) is 2.44. The lowest BCUT2D eigenvalue weighted by atomic mass is 10.0. The van der Waals surface area contributed by atoms with Crippen LogP contribution in [-0.4, -0.2) is 34.6 Å². The Morgan fingerprint density at radius 3 is 3.13 bits per heavy atom. The number of methoxy groups -OCH3 is 1. The van der Waals surface area contributed by atoms with Crippen LogP contribution in [0.4, 0.5) is 5.13 Å². The fourth-order valence-electron chi connectivity index (χ4n) is 2.70. The smallest absolute Gasteiger partial charge is 0.339 e. The van der Waals surface area contributed by atoms with Crippen molar-refractivity contribution in [3.05, 3.63) is 47.4 Å². The quantitative estimate of drug-likeness (QED) is 0.674. The van der Waals surface area contributed by atoms with Gasteiger partial charge in [-0.25, -0.2) is 14.8 Å². The molecule has 3 aromatic heterocycles. The molecule has 1 aliphatic rings. The van der Waals surface area contributed by atoms with Gasteiger partial charge in [-0.3, -0.25) is 4.98 Å². The number of carbonyl (C=O) groups excluding carboxylic acids is 1. The number of aromatic nitrogens is 3. The third kappa shape index (κ3) is 2.53. The maximum atomic E-state index is 11.6. The van der Waals surface area contributed by atoms with Crippen molar-refractivity contribution < 1.29 is 9.53 Å². The van der Waals surface area contributed by atoms with Crippen LogP contribution in [0.3, 0.4) is 0 Å². The number of hydrogen-bond acceptors (Lipinski definition) is 7. The van der Waals surface area contributed by atoms with Gasteiger partial charge in [0.05, 0.1) is 24.9 Å². The van der Waals surface area contributed by atoms with Crippen LogP contribution < -0.4 is 4.90 Å². The maximum absolute atomic E-state index is 11.6. The highest BCUT2D eigenvalue weighted by atomic mass is 32.1. The van der Waals surface area contributed by atoms with E-state index in [4.69, 9.17) is 4.74 Å². The van der Waals surface area contributed by atoms with Gasteiger partial charge >= 0.3 is 5.97 Å². The second-order valence-electron chi connectivity index (χ2n) is 5.32. The second-order valence-corrected chi connectivity index (χ2v) is 6.27. The van der Waals surface area contributed by atoms with E-state index < -0.39 is 0 Å². The molecule has 0 bridgehead atoms. The van der Waals surface area contributed by atoms with E-state index in [1.165, 1.54) is 7.11 Å². The minimum absolute atomic E-state index is 0.347. The van der Waals surface area contributed by atoms with Crippen LogP contribution in [0.5, 0.6) is 0 Å². The van der Waals surface area contributed by atoms with E-state index >= 15 is 0 Å². The first-order valence-electron chi connectivity index (χ1n) is 7.27. The number of nitrogens with zero attached hydrogens (tertiary/aromatic N) is 4. The Morgan fingerprint density at radius 2 is 2.30 bits per heavy atom. The lowest BCUT2D eigenvalue weighted by molar-refractivity contribution is 0.0600. The van der Waals surface area contributed by atoms with Crippen LogP contribution in [-0.2, 0) is 17.7 Å². The first-order valence-corrected chi connectivity index (χ1v) is 8.09. The Labute approximate surface area is 136 Å². The topological polar surface area (TPSA) is 68.2 Å². The van der Waals surface area contributed by atoms with Crippen molar-refractivity contribution in [3.8, 4) is 0 Å². The molecule has 0 aliphatic carbocycles. The lowest BCUT2D eigenvalue weighted by Crippen LogP contribution is -2.31. The summed E-state index contributed by atoms with van der Waals surface area (Å²) in [6, 6.07) is 5.75. The van der Waals surface area contributed by atoms with Gasteiger partial charge in [0.1, 0.15) is 10.3 Å². The van der Waals surface area contributed by atoms with Crippen molar-refractivity contribution in [1.29, 1.82) is 0 Å². The molecule has 4 heterocycles. The molecule has 0 saturated heterocycles. The fraction of sp³-hybridized carbons (Fsp3) is 0.250. The van der Waals surface area contributed by atoms with Gasteiger partial charge < -0.3 is 9.64 Å². The first-order chi connectivity index (χ1) is 11.2. The molecule has 0 unspecified atom stereocenters. The number of pyridine rings is 2. The van der Waals surface area contributed by atoms with Gasteiger partial charge in [-0.2, -0.15) is 0 Å². The van der Waals surface area contributed by atoms with Crippen molar-refractivity contribution in [2.75, 3.05) is 18.6 Å². The molecule has 7 heteroatoms. The lowest BCUT2D eigenvalue weighted by Gasteiger charge is -2.27. The van der Waals surface area contributed by atoms with Crippen LogP contribution in [0.15, 0.2) is 30.6 Å². The molecule has 116 valence electrons. The molecule has 0 amide bonds. The van der Waals surface area contributed by atoms with Crippen molar-refractivity contribution in [2.45, 2.75) is 13.0 Å². The number of thiazole rings is 1. The van der Waals surface area contributed by atoms with Crippen LogP contribution >= 0.6 is 11.3 Å². The maximum Gasteiger partial charge on any atom is 0.339 e. The summed E-state index contributed by atoms with van der Waals surface area (Å²) in [4.78, 5) is 28.2. The Hall–Kier alpha value is -2.54. The van der Waals surface area contributed by atoms with E-state index in [0.29, 0.717) is 12.1 Å². The molecule has 0 N–H and O–H groups in total. The number of hydrogen-bond donors (Lipinski definition) is 0. The van der Waals surface area contributed by atoms with Gasteiger partial charge in [-0.1, -0.05) is 11.3 Å². The Morgan fingerprint density at radius 1 is 1.39 bits per heavy atom. The van der Waals surface area contributed by atoms with Gasteiger partial charge in [0, 0.05) is 18.9 Å². The minimum atomic E-state index is -0.347.